The summed E-state index contributed by atoms with van der Waals surface area (Å²) in [4.78, 5) is 0. The summed E-state index contributed by atoms with van der Waals surface area (Å²) in [5.74, 6) is -0.187. The fourth-order valence-corrected chi connectivity index (χ4v) is 1.99. The minimum Gasteiger partial charge on any atom is -0.381 e. The first-order chi connectivity index (χ1) is 8.56. The molecule has 0 saturated carbocycles. The molecular weight excluding hydrogens is 249 g/mol. The zero-order chi connectivity index (χ0) is 13.1. The van der Waals surface area contributed by atoms with Crippen molar-refractivity contribution in [3.63, 3.8) is 0 Å². The highest BCUT2D eigenvalue weighted by Crippen LogP contribution is 2.21. The molecule has 0 aliphatic heterocycles. The van der Waals surface area contributed by atoms with Gasteiger partial charge >= 0.3 is 0 Å². The average Bonchev–Trinajstić information content (AvgIpc) is 2.34. The lowest BCUT2D eigenvalue weighted by atomic mass is 10.1. The Bertz CT molecular complexity index is 515. The van der Waals surface area contributed by atoms with Gasteiger partial charge in [0, 0.05) is 22.8 Å². The first-order valence-corrected chi connectivity index (χ1v) is 6.19. The maximum Gasteiger partial charge on any atom is 0.128 e. The van der Waals surface area contributed by atoms with Crippen LogP contribution in [0.2, 0.25) is 5.02 Å². The smallest absolute Gasteiger partial charge is 0.128 e. The third-order valence-corrected chi connectivity index (χ3v) is 3.11. The molecule has 1 N–H and O–H groups in total. The number of hydrogen-bond donors (Lipinski definition) is 1. The van der Waals surface area contributed by atoms with Crippen LogP contribution in [0.25, 0.3) is 0 Å². The summed E-state index contributed by atoms with van der Waals surface area (Å²) in [6.45, 7) is 4.40. The lowest BCUT2D eigenvalue weighted by Gasteiger charge is -2.11. The van der Waals surface area contributed by atoms with Crippen LogP contribution in [0.3, 0.4) is 0 Å². The first kappa shape index (κ1) is 12.9. The molecule has 0 heterocycles. The molecule has 0 unspecified atom stereocenters. The first-order valence-electron chi connectivity index (χ1n) is 5.81. The Hall–Kier alpha value is -1.54. The quantitative estimate of drug-likeness (QED) is 0.846. The Morgan fingerprint density at radius 1 is 1.11 bits per heavy atom. The van der Waals surface area contributed by atoms with Crippen LogP contribution in [0.15, 0.2) is 36.4 Å². The van der Waals surface area contributed by atoms with Gasteiger partial charge in [-0.15, -0.1) is 0 Å². The van der Waals surface area contributed by atoms with E-state index in [2.05, 4.69) is 5.32 Å². The molecule has 0 spiro atoms. The second-order valence-corrected chi connectivity index (χ2v) is 4.84. The molecule has 0 amide bonds. The van der Waals surface area contributed by atoms with Crippen molar-refractivity contribution in [3.8, 4) is 0 Å². The van der Waals surface area contributed by atoms with Gasteiger partial charge in [-0.05, 0) is 37.6 Å². The molecule has 0 fully saturated rings. The Morgan fingerprint density at radius 2 is 1.89 bits per heavy atom. The lowest BCUT2D eigenvalue weighted by molar-refractivity contribution is 0.612. The van der Waals surface area contributed by atoms with E-state index >= 15 is 0 Å². The van der Waals surface area contributed by atoms with Gasteiger partial charge in [0.1, 0.15) is 5.82 Å². The summed E-state index contributed by atoms with van der Waals surface area (Å²) in [5, 5.41) is 3.89. The van der Waals surface area contributed by atoms with E-state index in [1.165, 1.54) is 6.07 Å². The monoisotopic (exact) mass is 263 g/mol. The molecule has 0 aliphatic rings. The van der Waals surface area contributed by atoms with Crippen molar-refractivity contribution in [1.82, 2.24) is 0 Å². The maximum absolute atomic E-state index is 13.6. The van der Waals surface area contributed by atoms with Gasteiger partial charge in [-0.2, -0.15) is 0 Å². The van der Waals surface area contributed by atoms with Crippen molar-refractivity contribution in [2.24, 2.45) is 0 Å². The molecule has 0 aliphatic carbocycles. The van der Waals surface area contributed by atoms with E-state index in [1.54, 1.807) is 6.07 Å². The predicted octanol–water partition coefficient (Wildman–Crippen LogP) is 4.71. The highest BCUT2D eigenvalue weighted by Gasteiger charge is 2.04. The predicted molar refractivity (Wildman–Crippen MR) is 74.7 cm³/mol. The Labute approximate surface area is 112 Å². The van der Waals surface area contributed by atoms with E-state index in [-0.39, 0.29) is 5.82 Å². The largest absolute Gasteiger partial charge is 0.381 e. The van der Waals surface area contributed by atoms with E-state index in [9.17, 15) is 4.39 Å². The van der Waals surface area contributed by atoms with E-state index in [1.807, 2.05) is 38.1 Å². The minimum absolute atomic E-state index is 0.187. The van der Waals surface area contributed by atoms with E-state index in [4.69, 9.17) is 11.6 Å². The number of aryl methyl sites for hydroxylation is 2. The van der Waals surface area contributed by atoms with Gasteiger partial charge in [-0.3, -0.25) is 0 Å². The SMILES string of the molecule is Cc1ccc(F)c(CNc2cc(Cl)ccc2C)c1. The Kier molecular flexibility index (Phi) is 3.87. The summed E-state index contributed by atoms with van der Waals surface area (Å²) in [6, 6.07) is 10.8. The van der Waals surface area contributed by atoms with Crippen molar-refractivity contribution in [2.75, 3.05) is 5.32 Å². The molecule has 2 rings (SSSR count). The van der Waals surface area contributed by atoms with Crippen LogP contribution in [0, 0.1) is 19.7 Å². The fraction of sp³-hybridized carbons (Fsp3) is 0.200. The molecule has 0 aromatic heterocycles. The molecule has 3 heteroatoms. The summed E-state index contributed by atoms with van der Waals surface area (Å²) in [6.07, 6.45) is 0. The number of anilines is 1. The van der Waals surface area contributed by atoms with Crippen LogP contribution in [-0.2, 0) is 6.54 Å². The molecule has 94 valence electrons. The molecule has 0 saturated heterocycles. The van der Waals surface area contributed by atoms with Gasteiger partial charge in [-0.25, -0.2) is 4.39 Å². The van der Waals surface area contributed by atoms with Crippen molar-refractivity contribution in [1.29, 1.82) is 0 Å². The van der Waals surface area contributed by atoms with E-state index < -0.39 is 0 Å². The summed E-state index contributed by atoms with van der Waals surface area (Å²) < 4.78 is 13.6. The zero-order valence-electron chi connectivity index (χ0n) is 10.4. The Morgan fingerprint density at radius 3 is 2.67 bits per heavy atom. The zero-order valence-corrected chi connectivity index (χ0v) is 11.2. The van der Waals surface area contributed by atoms with Crippen LogP contribution in [-0.4, -0.2) is 0 Å². The highest BCUT2D eigenvalue weighted by molar-refractivity contribution is 6.30. The molecule has 1 nitrogen and oxygen atoms in total. The average molecular weight is 264 g/mol. The van der Waals surface area contributed by atoms with Crippen molar-refractivity contribution in [3.05, 3.63) is 63.9 Å². The van der Waals surface area contributed by atoms with Crippen molar-refractivity contribution >= 4 is 17.3 Å². The van der Waals surface area contributed by atoms with Gasteiger partial charge in [0.15, 0.2) is 0 Å². The highest BCUT2D eigenvalue weighted by atomic mass is 35.5. The molecule has 18 heavy (non-hydrogen) atoms. The van der Waals surface area contributed by atoms with Gasteiger partial charge in [0.25, 0.3) is 0 Å². The van der Waals surface area contributed by atoms with Crippen molar-refractivity contribution < 1.29 is 4.39 Å². The summed E-state index contributed by atoms with van der Waals surface area (Å²) in [5.41, 5.74) is 3.74. The second-order valence-electron chi connectivity index (χ2n) is 4.41. The van der Waals surface area contributed by atoms with Gasteiger partial charge in [0.2, 0.25) is 0 Å². The number of hydrogen-bond acceptors (Lipinski definition) is 1. The minimum atomic E-state index is -0.187. The molecule has 0 bridgehead atoms. The van der Waals surface area contributed by atoms with E-state index in [0.717, 1.165) is 16.8 Å². The standard InChI is InChI=1S/C15H15ClFN/c1-10-3-6-14(17)12(7-10)9-18-15-8-13(16)5-4-11(15)2/h3-8,18H,9H2,1-2H3. The summed E-state index contributed by atoms with van der Waals surface area (Å²) in [7, 11) is 0. The number of halogens is 2. The van der Waals surface area contributed by atoms with Crippen LogP contribution < -0.4 is 5.32 Å². The number of nitrogens with one attached hydrogen (secondary N) is 1. The van der Waals surface area contributed by atoms with Crippen molar-refractivity contribution in [2.45, 2.75) is 20.4 Å². The third kappa shape index (κ3) is 3.02. The maximum atomic E-state index is 13.6. The molecular formula is C15H15ClFN. The van der Waals surface area contributed by atoms with Crippen LogP contribution in [0.4, 0.5) is 10.1 Å². The molecule has 2 aromatic rings. The van der Waals surface area contributed by atoms with Crippen LogP contribution in [0.5, 0.6) is 0 Å². The van der Waals surface area contributed by atoms with Gasteiger partial charge in [0.05, 0.1) is 0 Å². The second kappa shape index (κ2) is 5.40. The fourth-order valence-electron chi connectivity index (χ4n) is 1.81. The normalized spacial score (nSPS) is 10.4. The topological polar surface area (TPSA) is 12.0 Å². The Balaban J connectivity index is 2.16. The number of rotatable bonds is 3. The lowest BCUT2D eigenvalue weighted by Crippen LogP contribution is -2.03. The molecule has 0 radical (unpaired) electrons. The molecule has 0 atom stereocenters. The van der Waals surface area contributed by atoms with Crippen LogP contribution >= 0.6 is 11.6 Å². The van der Waals surface area contributed by atoms with Gasteiger partial charge in [-0.1, -0.05) is 35.4 Å². The molecule has 2 aromatic carbocycles. The van der Waals surface area contributed by atoms with Crippen LogP contribution in [0.1, 0.15) is 16.7 Å². The third-order valence-electron chi connectivity index (χ3n) is 2.87. The van der Waals surface area contributed by atoms with E-state index in [0.29, 0.717) is 17.1 Å². The number of benzene rings is 2. The van der Waals surface area contributed by atoms with Gasteiger partial charge < -0.3 is 5.32 Å². The summed E-state index contributed by atoms with van der Waals surface area (Å²) >= 11 is 5.94.